The first-order valence-electron chi connectivity index (χ1n) is 7.15. The third kappa shape index (κ3) is 8.57. The number of allylic oxidation sites excluding steroid dienone is 1. The zero-order valence-corrected chi connectivity index (χ0v) is 15.2. The maximum absolute atomic E-state index is 9.85. The highest BCUT2D eigenvalue weighted by atomic mass is 32.2. The molecule has 22 heavy (non-hydrogen) atoms. The molecule has 0 saturated carbocycles. The molecule has 1 rings (SSSR count). The van der Waals surface area contributed by atoms with Crippen LogP contribution in [0.25, 0.3) is 0 Å². The molecule has 1 amide bonds. The number of hydrogen-bond acceptors (Lipinski definition) is 3. The lowest BCUT2D eigenvalue weighted by Crippen LogP contribution is -2.04. The van der Waals surface area contributed by atoms with Crippen molar-refractivity contribution < 1.29 is 9.53 Å². The molecule has 1 aromatic carbocycles. The van der Waals surface area contributed by atoms with Gasteiger partial charge in [-0.1, -0.05) is 49.9 Å². The van der Waals surface area contributed by atoms with E-state index in [0.717, 1.165) is 5.75 Å². The lowest BCUT2D eigenvalue weighted by Gasteiger charge is -2.09. The van der Waals surface area contributed by atoms with Crippen molar-refractivity contribution in [2.24, 2.45) is 0 Å². The highest BCUT2D eigenvalue weighted by molar-refractivity contribution is 8.05. The van der Waals surface area contributed by atoms with Gasteiger partial charge in [0.15, 0.2) is 0 Å². The molecule has 0 saturated heterocycles. The maximum atomic E-state index is 9.85. The number of rotatable bonds is 6. The number of carbonyl (C=O) groups is 1. The average Bonchev–Trinajstić information content (AvgIpc) is 2.46. The molecule has 0 unspecified atom stereocenters. The standard InChI is InChI=1S/C11H16O.C7H11NOS/c1-8(2)10-6-5-9(3)11(7-10)12-4;1-6(2)4-10-7(3)8-5-9/h5-8H,1-4H3;4-5H,3H2,1-2H3,(H,8,9). The van der Waals surface area contributed by atoms with Crippen molar-refractivity contribution in [2.45, 2.75) is 40.5 Å². The summed E-state index contributed by atoms with van der Waals surface area (Å²) in [6.45, 7) is 14.0. The van der Waals surface area contributed by atoms with Crippen LogP contribution in [0.5, 0.6) is 5.75 Å². The summed E-state index contributed by atoms with van der Waals surface area (Å²) in [6, 6.07) is 6.37. The predicted octanol–water partition coefficient (Wildman–Crippen LogP) is 4.99. The molecule has 1 N–H and O–H groups in total. The van der Waals surface area contributed by atoms with Crippen LogP contribution in [0.2, 0.25) is 0 Å². The van der Waals surface area contributed by atoms with Crippen LogP contribution in [-0.4, -0.2) is 13.5 Å². The predicted molar refractivity (Wildman–Crippen MR) is 97.2 cm³/mol. The Bertz CT molecular complexity index is 518. The third-order valence-electron chi connectivity index (χ3n) is 2.76. The summed E-state index contributed by atoms with van der Waals surface area (Å²) < 4.78 is 5.24. The summed E-state index contributed by atoms with van der Waals surface area (Å²) in [6.07, 6.45) is 0.619. The number of thioether (sulfide) groups is 1. The largest absolute Gasteiger partial charge is 0.496 e. The molecule has 0 radical (unpaired) electrons. The van der Waals surface area contributed by atoms with Crippen LogP contribution in [0.1, 0.15) is 44.7 Å². The summed E-state index contributed by atoms with van der Waals surface area (Å²) >= 11 is 1.41. The highest BCUT2D eigenvalue weighted by Gasteiger charge is 2.02. The van der Waals surface area contributed by atoms with E-state index in [0.29, 0.717) is 17.4 Å². The van der Waals surface area contributed by atoms with Gasteiger partial charge in [0.25, 0.3) is 0 Å². The van der Waals surface area contributed by atoms with Gasteiger partial charge in [0, 0.05) is 0 Å². The first-order valence-corrected chi connectivity index (χ1v) is 8.03. The normalized spacial score (nSPS) is 9.41. The van der Waals surface area contributed by atoms with Gasteiger partial charge in [0.1, 0.15) is 5.75 Å². The van der Waals surface area contributed by atoms with Crippen LogP contribution in [0.15, 0.2) is 40.8 Å². The summed E-state index contributed by atoms with van der Waals surface area (Å²) in [4.78, 5) is 9.85. The molecule has 1 aromatic rings. The molecular weight excluding hydrogens is 294 g/mol. The number of nitrogens with one attached hydrogen (secondary N) is 1. The Morgan fingerprint density at radius 3 is 2.45 bits per heavy atom. The second-order valence-electron chi connectivity index (χ2n) is 5.38. The zero-order chi connectivity index (χ0) is 17.1. The van der Waals surface area contributed by atoms with E-state index in [4.69, 9.17) is 4.74 Å². The smallest absolute Gasteiger partial charge is 0.211 e. The van der Waals surface area contributed by atoms with E-state index in [1.165, 1.54) is 28.5 Å². The fraction of sp³-hybridized carbons (Fsp3) is 0.389. The Kier molecular flexibility index (Phi) is 10.1. The van der Waals surface area contributed by atoms with E-state index in [1.807, 2.05) is 19.3 Å². The van der Waals surface area contributed by atoms with Gasteiger partial charge < -0.3 is 10.1 Å². The van der Waals surface area contributed by atoms with Gasteiger partial charge in [0.2, 0.25) is 6.41 Å². The molecule has 0 spiro atoms. The van der Waals surface area contributed by atoms with Gasteiger partial charge >= 0.3 is 0 Å². The minimum atomic E-state index is 0.569. The molecule has 0 bridgehead atoms. The van der Waals surface area contributed by atoms with Gasteiger partial charge in [-0.05, 0) is 49.3 Å². The molecule has 0 fully saturated rings. The van der Waals surface area contributed by atoms with Gasteiger partial charge in [-0.15, -0.1) is 0 Å². The van der Waals surface area contributed by atoms with Gasteiger partial charge in [-0.2, -0.15) is 0 Å². The van der Waals surface area contributed by atoms with Crippen molar-refractivity contribution in [1.29, 1.82) is 0 Å². The fourth-order valence-electron chi connectivity index (χ4n) is 1.48. The summed E-state index contributed by atoms with van der Waals surface area (Å²) in [5.41, 5.74) is 3.72. The van der Waals surface area contributed by atoms with Crippen molar-refractivity contribution in [3.8, 4) is 5.75 Å². The lowest BCUT2D eigenvalue weighted by molar-refractivity contribution is -0.108. The zero-order valence-electron chi connectivity index (χ0n) is 14.4. The Morgan fingerprint density at radius 1 is 1.36 bits per heavy atom. The van der Waals surface area contributed by atoms with Crippen molar-refractivity contribution in [1.82, 2.24) is 5.32 Å². The molecule has 3 nitrogen and oxygen atoms in total. The molecule has 0 atom stereocenters. The molecule has 4 heteroatoms. The van der Waals surface area contributed by atoms with E-state index >= 15 is 0 Å². The average molecular weight is 321 g/mol. The number of amides is 1. The van der Waals surface area contributed by atoms with Crippen LogP contribution in [0.3, 0.4) is 0 Å². The minimum Gasteiger partial charge on any atom is -0.496 e. The quantitative estimate of drug-likeness (QED) is 0.750. The Labute approximate surface area is 138 Å². The first kappa shape index (κ1) is 20.3. The molecule has 0 aliphatic carbocycles. The summed E-state index contributed by atoms with van der Waals surface area (Å²) in [7, 11) is 1.71. The molecule has 0 aliphatic heterocycles. The van der Waals surface area contributed by atoms with Crippen molar-refractivity contribution >= 4 is 18.2 Å². The maximum Gasteiger partial charge on any atom is 0.211 e. The molecule has 122 valence electrons. The number of ether oxygens (including phenoxy) is 1. The third-order valence-corrected chi connectivity index (χ3v) is 3.75. The monoisotopic (exact) mass is 321 g/mol. The number of benzene rings is 1. The SMILES string of the molecule is C=C(NC=O)SC=C(C)C.COc1cc(C(C)C)ccc1C. The Balaban J connectivity index is 0.000000409. The molecule has 0 aromatic heterocycles. The van der Waals surface area contributed by atoms with Crippen LogP contribution in [-0.2, 0) is 4.79 Å². The van der Waals surface area contributed by atoms with Gasteiger partial charge in [-0.25, -0.2) is 0 Å². The van der Waals surface area contributed by atoms with E-state index in [-0.39, 0.29) is 0 Å². The second-order valence-corrected chi connectivity index (χ2v) is 6.35. The second kappa shape index (κ2) is 11.0. The van der Waals surface area contributed by atoms with Gasteiger partial charge in [0.05, 0.1) is 12.1 Å². The highest BCUT2D eigenvalue weighted by Crippen LogP contribution is 2.23. The van der Waals surface area contributed by atoms with Crippen LogP contribution in [0.4, 0.5) is 0 Å². The van der Waals surface area contributed by atoms with E-state index in [2.05, 4.69) is 50.9 Å². The van der Waals surface area contributed by atoms with Crippen molar-refractivity contribution in [3.05, 3.63) is 51.9 Å². The summed E-state index contributed by atoms with van der Waals surface area (Å²) in [5.74, 6) is 1.56. The Morgan fingerprint density at radius 2 is 2.00 bits per heavy atom. The van der Waals surface area contributed by atoms with E-state index in [9.17, 15) is 4.79 Å². The minimum absolute atomic E-state index is 0.569. The first-order chi connectivity index (χ1) is 10.3. The lowest BCUT2D eigenvalue weighted by atomic mass is 10.0. The van der Waals surface area contributed by atoms with E-state index < -0.39 is 0 Å². The topological polar surface area (TPSA) is 38.3 Å². The Hall–Kier alpha value is -1.68. The molecular formula is C18H27NO2S. The van der Waals surface area contributed by atoms with Crippen LogP contribution < -0.4 is 10.1 Å². The number of hydrogen-bond donors (Lipinski definition) is 1. The van der Waals surface area contributed by atoms with E-state index in [1.54, 1.807) is 7.11 Å². The van der Waals surface area contributed by atoms with Crippen molar-refractivity contribution in [3.63, 3.8) is 0 Å². The number of carbonyl (C=O) groups excluding carboxylic acids is 1. The molecule has 0 aliphatic rings. The number of aryl methyl sites for hydroxylation is 1. The van der Waals surface area contributed by atoms with Gasteiger partial charge in [-0.3, -0.25) is 4.79 Å². The van der Waals surface area contributed by atoms with Crippen molar-refractivity contribution in [2.75, 3.05) is 7.11 Å². The number of methoxy groups -OCH3 is 1. The van der Waals surface area contributed by atoms with Crippen LogP contribution >= 0.6 is 11.8 Å². The molecule has 0 heterocycles. The fourth-order valence-corrected chi connectivity index (χ4v) is 1.98. The summed E-state index contributed by atoms with van der Waals surface area (Å²) in [5, 5.41) is 5.02. The van der Waals surface area contributed by atoms with Crippen LogP contribution in [0, 0.1) is 6.92 Å².